The van der Waals surface area contributed by atoms with E-state index in [0.29, 0.717) is 18.2 Å². The Labute approximate surface area is 180 Å². The summed E-state index contributed by atoms with van der Waals surface area (Å²) in [5.74, 6) is 0.986. The van der Waals surface area contributed by atoms with Crippen LogP contribution in [0, 0.1) is 11.7 Å². The van der Waals surface area contributed by atoms with Crippen LogP contribution in [-0.4, -0.2) is 41.6 Å². The maximum atomic E-state index is 14.0. The van der Waals surface area contributed by atoms with Crippen LogP contribution in [0.4, 0.5) is 4.39 Å². The molecule has 2 aromatic heterocycles. The van der Waals surface area contributed by atoms with E-state index >= 15 is 0 Å². The van der Waals surface area contributed by atoms with E-state index in [1.165, 1.54) is 12.3 Å². The van der Waals surface area contributed by atoms with E-state index in [-0.39, 0.29) is 5.82 Å². The van der Waals surface area contributed by atoms with Gasteiger partial charge in [0, 0.05) is 15.7 Å². The minimum absolute atomic E-state index is 0.352. The largest absolute Gasteiger partial charge is 0.491 e. The van der Waals surface area contributed by atoms with Crippen molar-refractivity contribution in [1.82, 2.24) is 14.9 Å². The van der Waals surface area contributed by atoms with Gasteiger partial charge in [0.1, 0.15) is 17.2 Å². The monoisotopic (exact) mass is 421 g/mol. The van der Waals surface area contributed by atoms with Gasteiger partial charge in [-0.2, -0.15) is 0 Å². The fourth-order valence-electron chi connectivity index (χ4n) is 4.31. The molecule has 5 rings (SSSR count). The zero-order chi connectivity index (χ0) is 20.7. The number of hydrogen-bond acceptors (Lipinski definition) is 4. The van der Waals surface area contributed by atoms with Crippen LogP contribution in [0.1, 0.15) is 12.8 Å². The summed E-state index contributed by atoms with van der Waals surface area (Å²) in [4.78, 5) is 10.9. The Balaban J connectivity index is 1.59. The Morgan fingerprint density at radius 3 is 2.83 bits per heavy atom. The molecular formula is C24H24FN3OS. The predicted octanol–water partition coefficient (Wildman–Crippen LogP) is 5.53. The van der Waals surface area contributed by atoms with Gasteiger partial charge in [-0.3, -0.25) is 0 Å². The zero-order valence-electron chi connectivity index (χ0n) is 16.9. The van der Waals surface area contributed by atoms with Crippen LogP contribution in [0.25, 0.3) is 33.1 Å². The molecule has 0 atom stereocenters. The topological polar surface area (TPSA) is 41.1 Å². The summed E-state index contributed by atoms with van der Waals surface area (Å²) < 4.78 is 20.3. The number of aromatic nitrogens is 2. The van der Waals surface area contributed by atoms with E-state index < -0.39 is 0 Å². The summed E-state index contributed by atoms with van der Waals surface area (Å²) in [6.45, 7) is 2.90. The highest BCUT2D eigenvalue weighted by atomic mass is 32.1. The molecule has 4 nitrogen and oxygen atoms in total. The summed E-state index contributed by atoms with van der Waals surface area (Å²) in [6.07, 6.45) is 3.53. The smallest absolute Gasteiger partial charge is 0.143 e. The van der Waals surface area contributed by atoms with E-state index in [1.807, 2.05) is 36.4 Å². The molecule has 1 aliphatic rings. The number of fused-ring (bicyclic) bond motifs is 3. The third-order valence-corrected chi connectivity index (χ3v) is 6.28. The van der Waals surface area contributed by atoms with Crippen molar-refractivity contribution in [2.45, 2.75) is 17.7 Å². The number of thiol groups is 1. The number of H-pyrrole nitrogens is 1. The molecule has 0 unspecified atom stereocenters. The van der Waals surface area contributed by atoms with Gasteiger partial charge in [-0.15, -0.1) is 12.6 Å². The number of likely N-dealkylation sites (tertiary alicyclic amines) is 1. The van der Waals surface area contributed by atoms with Crippen molar-refractivity contribution < 1.29 is 9.13 Å². The molecule has 0 bridgehead atoms. The van der Waals surface area contributed by atoms with Crippen molar-refractivity contribution in [3.05, 3.63) is 54.5 Å². The summed E-state index contributed by atoms with van der Waals surface area (Å²) >= 11 is 4.48. The average Bonchev–Trinajstić information content (AvgIpc) is 3.12. The van der Waals surface area contributed by atoms with Gasteiger partial charge in [0.15, 0.2) is 0 Å². The molecule has 1 N–H and O–H groups in total. The maximum Gasteiger partial charge on any atom is 0.143 e. The molecule has 0 aliphatic carbocycles. The van der Waals surface area contributed by atoms with Gasteiger partial charge in [0.25, 0.3) is 0 Å². The molecule has 0 saturated carbocycles. The Morgan fingerprint density at radius 2 is 2.03 bits per heavy atom. The van der Waals surface area contributed by atoms with Gasteiger partial charge in [0.2, 0.25) is 0 Å². The normalized spacial score (nSPS) is 15.8. The Kier molecular flexibility index (Phi) is 5.13. The number of piperidine rings is 1. The minimum Gasteiger partial charge on any atom is -0.491 e. The van der Waals surface area contributed by atoms with E-state index in [4.69, 9.17) is 4.74 Å². The van der Waals surface area contributed by atoms with Crippen molar-refractivity contribution in [3.63, 3.8) is 0 Å². The average molecular weight is 422 g/mol. The van der Waals surface area contributed by atoms with Crippen molar-refractivity contribution in [2.75, 3.05) is 26.7 Å². The summed E-state index contributed by atoms with van der Waals surface area (Å²) in [5.41, 5.74) is 3.55. The molecule has 30 heavy (non-hydrogen) atoms. The van der Waals surface area contributed by atoms with E-state index in [0.717, 1.165) is 64.0 Å². The number of ether oxygens (including phenoxy) is 1. The molecule has 154 valence electrons. The summed E-state index contributed by atoms with van der Waals surface area (Å²) in [5, 5.41) is 1.69. The number of halogens is 1. The van der Waals surface area contributed by atoms with Crippen molar-refractivity contribution >= 4 is 34.6 Å². The van der Waals surface area contributed by atoms with Crippen molar-refractivity contribution in [3.8, 4) is 16.9 Å². The molecule has 1 saturated heterocycles. The lowest BCUT2D eigenvalue weighted by atomic mass is 9.98. The molecule has 1 aliphatic heterocycles. The molecule has 0 amide bonds. The molecule has 4 aromatic rings. The van der Waals surface area contributed by atoms with E-state index in [1.54, 1.807) is 0 Å². The Hall–Kier alpha value is -2.57. The lowest BCUT2D eigenvalue weighted by Crippen LogP contribution is -2.32. The SMILES string of the molecule is CN1CCC(COc2ccc(-c3cccc(S)c3)c3c2[nH]c2ncc(F)cc23)CC1. The maximum absolute atomic E-state index is 14.0. The standard InChI is InChI=1S/C24H24FN3OS/c1-28-9-7-15(8-10-28)14-29-21-6-5-19(16-3-2-4-18(30)11-16)22-20-12-17(25)13-26-24(20)27-23(21)22/h2-6,11-13,15,30H,7-10,14H2,1H3,(H,26,27). The van der Waals surface area contributed by atoms with E-state index in [9.17, 15) is 4.39 Å². The number of hydrogen-bond donors (Lipinski definition) is 2. The van der Waals surface area contributed by atoms with Gasteiger partial charge in [-0.05, 0) is 80.4 Å². The lowest BCUT2D eigenvalue weighted by molar-refractivity contribution is 0.161. The second kappa shape index (κ2) is 7.93. The van der Waals surface area contributed by atoms with Crippen LogP contribution in [0.15, 0.2) is 53.6 Å². The number of rotatable bonds is 4. The minimum atomic E-state index is -0.352. The predicted molar refractivity (Wildman–Crippen MR) is 122 cm³/mol. The quantitative estimate of drug-likeness (QED) is 0.426. The number of benzene rings is 2. The van der Waals surface area contributed by atoms with Crippen LogP contribution in [-0.2, 0) is 0 Å². The number of nitrogens with zero attached hydrogens (tertiary/aromatic N) is 2. The van der Waals surface area contributed by atoms with Gasteiger partial charge in [-0.1, -0.05) is 12.1 Å². The molecule has 2 aromatic carbocycles. The Morgan fingerprint density at radius 1 is 1.20 bits per heavy atom. The fourth-order valence-corrected chi connectivity index (χ4v) is 4.53. The fraction of sp³-hybridized carbons (Fsp3) is 0.292. The highest BCUT2D eigenvalue weighted by Crippen LogP contribution is 2.39. The molecule has 6 heteroatoms. The third kappa shape index (κ3) is 3.66. The molecule has 1 fully saturated rings. The first-order valence-corrected chi connectivity index (χ1v) is 10.7. The molecule has 0 radical (unpaired) electrons. The Bertz CT molecular complexity index is 1210. The lowest BCUT2D eigenvalue weighted by Gasteiger charge is -2.28. The zero-order valence-corrected chi connectivity index (χ0v) is 17.8. The third-order valence-electron chi connectivity index (χ3n) is 6.00. The van der Waals surface area contributed by atoms with Crippen LogP contribution >= 0.6 is 12.6 Å². The van der Waals surface area contributed by atoms with Gasteiger partial charge >= 0.3 is 0 Å². The molecular weight excluding hydrogens is 397 g/mol. The van der Waals surface area contributed by atoms with Crippen LogP contribution in [0.2, 0.25) is 0 Å². The van der Waals surface area contributed by atoms with Crippen LogP contribution < -0.4 is 4.74 Å². The van der Waals surface area contributed by atoms with Gasteiger partial charge < -0.3 is 14.6 Å². The first-order chi connectivity index (χ1) is 14.6. The second-order valence-electron chi connectivity index (χ2n) is 8.14. The van der Waals surface area contributed by atoms with E-state index in [2.05, 4.69) is 34.5 Å². The number of nitrogens with one attached hydrogen (secondary N) is 1. The second-order valence-corrected chi connectivity index (χ2v) is 8.66. The summed E-state index contributed by atoms with van der Waals surface area (Å²) in [6, 6.07) is 13.6. The first-order valence-electron chi connectivity index (χ1n) is 10.3. The highest BCUT2D eigenvalue weighted by molar-refractivity contribution is 7.80. The van der Waals surface area contributed by atoms with Crippen molar-refractivity contribution in [2.24, 2.45) is 5.92 Å². The van der Waals surface area contributed by atoms with Crippen LogP contribution in [0.5, 0.6) is 5.75 Å². The number of aromatic amines is 1. The van der Waals surface area contributed by atoms with Gasteiger partial charge in [0.05, 0.1) is 18.3 Å². The number of pyridine rings is 1. The van der Waals surface area contributed by atoms with Gasteiger partial charge in [-0.25, -0.2) is 9.37 Å². The molecule has 3 heterocycles. The first kappa shape index (κ1) is 19.4. The molecule has 0 spiro atoms. The summed E-state index contributed by atoms with van der Waals surface area (Å²) in [7, 11) is 2.16. The highest BCUT2D eigenvalue weighted by Gasteiger charge is 2.20. The van der Waals surface area contributed by atoms with Crippen molar-refractivity contribution in [1.29, 1.82) is 0 Å². The van der Waals surface area contributed by atoms with Crippen LogP contribution in [0.3, 0.4) is 0 Å².